The van der Waals surface area contributed by atoms with Crippen LogP contribution in [0, 0.1) is 12.7 Å². The summed E-state index contributed by atoms with van der Waals surface area (Å²) in [6, 6.07) is 10.8. The van der Waals surface area contributed by atoms with E-state index in [1.807, 2.05) is 37.4 Å². The minimum absolute atomic E-state index is 0.170. The van der Waals surface area contributed by atoms with E-state index in [4.69, 9.17) is 0 Å². The van der Waals surface area contributed by atoms with Crippen LogP contribution in [0.3, 0.4) is 0 Å². The Bertz CT molecular complexity index is 840. The fourth-order valence-corrected chi connectivity index (χ4v) is 2.87. The lowest BCUT2D eigenvalue weighted by molar-refractivity contribution is 0.618. The van der Waals surface area contributed by atoms with E-state index in [9.17, 15) is 4.39 Å². The summed E-state index contributed by atoms with van der Waals surface area (Å²) in [5.41, 5.74) is 3.17. The third kappa shape index (κ3) is 2.67. The van der Waals surface area contributed by atoms with E-state index >= 15 is 0 Å². The number of halogens is 1. The molecule has 116 valence electrons. The van der Waals surface area contributed by atoms with Crippen LogP contribution in [-0.2, 0) is 13.0 Å². The highest BCUT2D eigenvalue weighted by Crippen LogP contribution is 2.23. The van der Waals surface area contributed by atoms with Gasteiger partial charge < -0.3 is 4.90 Å². The van der Waals surface area contributed by atoms with Crippen LogP contribution >= 0.6 is 0 Å². The average Bonchev–Trinajstić information content (AvgIpc) is 3.01. The first-order valence-corrected chi connectivity index (χ1v) is 7.58. The second-order valence-corrected chi connectivity index (χ2v) is 5.74. The maximum Gasteiger partial charge on any atom is 0.175 e. The SMILES string of the molecule is Cc1ccn(-c2ccc(N3CCc4cc(F)ccc4C3)nn2)n1. The number of aromatic nitrogens is 4. The molecular formula is C17H16FN5. The molecule has 1 aromatic carbocycles. The Balaban J connectivity index is 1.56. The molecule has 0 atom stereocenters. The highest BCUT2D eigenvalue weighted by atomic mass is 19.1. The second-order valence-electron chi connectivity index (χ2n) is 5.74. The summed E-state index contributed by atoms with van der Waals surface area (Å²) < 4.78 is 15.0. The Hall–Kier alpha value is -2.76. The average molecular weight is 309 g/mol. The summed E-state index contributed by atoms with van der Waals surface area (Å²) >= 11 is 0. The molecule has 0 spiro atoms. The normalized spacial score (nSPS) is 13.9. The molecular weight excluding hydrogens is 293 g/mol. The van der Waals surface area contributed by atoms with Gasteiger partial charge in [-0.2, -0.15) is 5.10 Å². The van der Waals surface area contributed by atoms with Gasteiger partial charge in [-0.3, -0.25) is 0 Å². The van der Waals surface area contributed by atoms with Gasteiger partial charge in [-0.1, -0.05) is 6.07 Å². The molecule has 0 saturated heterocycles. The predicted octanol–water partition coefficient (Wildman–Crippen LogP) is 2.67. The van der Waals surface area contributed by atoms with Gasteiger partial charge in [-0.15, -0.1) is 10.2 Å². The minimum atomic E-state index is -0.170. The highest BCUT2D eigenvalue weighted by Gasteiger charge is 2.18. The molecule has 0 saturated carbocycles. The van der Waals surface area contributed by atoms with Crippen molar-refractivity contribution in [3.05, 3.63) is 65.2 Å². The first-order valence-electron chi connectivity index (χ1n) is 7.58. The lowest BCUT2D eigenvalue weighted by Gasteiger charge is -2.29. The fraction of sp³-hybridized carbons (Fsp3) is 0.235. The zero-order valence-electron chi connectivity index (χ0n) is 12.8. The van der Waals surface area contributed by atoms with Crippen molar-refractivity contribution in [2.75, 3.05) is 11.4 Å². The molecule has 1 aliphatic rings. The van der Waals surface area contributed by atoms with Gasteiger partial charge in [-0.05, 0) is 54.8 Å². The molecule has 0 N–H and O–H groups in total. The molecule has 6 heteroatoms. The molecule has 0 unspecified atom stereocenters. The van der Waals surface area contributed by atoms with Crippen molar-refractivity contribution in [1.82, 2.24) is 20.0 Å². The highest BCUT2D eigenvalue weighted by molar-refractivity contribution is 5.44. The van der Waals surface area contributed by atoms with Crippen molar-refractivity contribution < 1.29 is 4.39 Å². The van der Waals surface area contributed by atoms with Gasteiger partial charge in [0.15, 0.2) is 11.6 Å². The number of fused-ring (bicyclic) bond motifs is 1. The van der Waals surface area contributed by atoms with Crippen LogP contribution in [0.15, 0.2) is 42.6 Å². The number of benzene rings is 1. The lowest BCUT2D eigenvalue weighted by atomic mass is 10.00. The Morgan fingerprint density at radius 2 is 1.83 bits per heavy atom. The quantitative estimate of drug-likeness (QED) is 0.730. The molecule has 1 aliphatic heterocycles. The molecule has 5 nitrogen and oxygen atoms in total. The molecule has 0 amide bonds. The van der Waals surface area contributed by atoms with Gasteiger partial charge in [0.2, 0.25) is 0 Å². The van der Waals surface area contributed by atoms with Crippen LogP contribution in [0.5, 0.6) is 0 Å². The van der Waals surface area contributed by atoms with Gasteiger partial charge in [-0.25, -0.2) is 9.07 Å². The predicted molar refractivity (Wildman–Crippen MR) is 85.0 cm³/mol. The van der Waals surface area contributed by atoms with E-state index in [2.05, 4.69) is 20.2 Å². The molecule has 23 heavy (non-hydrogen) atoms. The van der Waals surface area contributed by atoms with Crippen molar-refractivity contribution >= 4 is 5.82 Å². The summed E-state index contributed by atoms with van der Waals surface area (Å²) in [6.07, 6.45) is 2.68. The summed E-state index contributed by atoms with van der Waals surface area (Å²) in [5, 5.41) is 12.9. The molecule has 0 aliphatic carbocycles. The van der Waals surface area contributed by atoms with E-state index in [0.29, 0.717) is 5.82 Å². The smallest absolute Gasteiger partial charge is 0.175 e. The van der Waals surface area contributed by atoms with Crippen LogP contribution in [0.1, 0.15) is 16.8 Å². The minimum Gasteiger partial charge on any atom is -0.350 e. The standard InChI is InChI=1S/C17H16FN5/c1-12-6-9-23(21-12)17-5-4-16(19-20-17)22-8-7-13-10-15(18)3-2-14(13)11-22/h2-6,9-10H,7-8,11H2,1H3. The molecule has 3 heterocycles. The first-order chi connectivity index (χ1) is 11.2. The van der Waals surface area contributed by atoms with Gasteiger partial charge >= 0.3 is 0 Å². The molecule has 2 aromatic heterocycles. The van der Waals surface area contributed by atoms with Crippen molar-refractivity contribution in [2.24, 2.45) is 0 Å². The number of nitrogens with zero attached hydrogens (tertiary/aromatic N) is 5. The second kappa shape index (κ2) is 5.46. The Kier molecular flexibility index (Phi) is 3.29. The van der Waals surface area contributed by atoms with Crippen LogP contribution in [0.4, 0.5) is 10.2 Å². The van der Waals surface area contributed by atoms with E-state index in [1.165, 1.54) is 6.07 Å². The summed E-state index contributed by atoms with van der Waals surface area (Å²) in [5.74, 6) is 1.35. The number of hydrogen-bond donors (Lipinski definition) is 0. The summed E-state index contributed by atoms with van der Waals surface area (Å²) in [6.45, 7) is 3.47. The molecule has 0 radical (unpaired) electrons. The van der Waals surface area contributed by atoms with E-state index in [-0.39, 0.29) is 5.82 Å². The van der Waals surface area contributed by atoms with Crippen molar-refractivity contribution in [3.63, 3.8) is 0 Å². The topological polar surface area (TPSA) is 46.8 Å². The van der Waals surface area contributed by atoms with Crippen LogP contribution in [0.25, 0.3) is 5.82 Å². The molecule has 0 bridgehead atoms. The third-order valence-electron chi connectivity index (χ3n) is 4.10. The Morgan fingerprint density at radius 1 is 1.00 bits per heavy atom. The van der Waals surface area contributed by atoms with Gasteiger partial charge in [0.05, 0.1) is 5.69 Å². The van der Waals surface area contributed by atoms with Gasteiger partial charge in [0.25, 0.3) is 0 Å². The Labute approximate surface area is 133 Å². The van der Waals surface area contributed by atoms with Crippen LogP contribution in [0.2, 0.25) is 0 Å². The van der Waals surface area contributed by atoms with Crippen molar-refractivity contribution in [2.45, 2.75) is 19.9 Å². The van der Waals surface area contributed by atoms with Crippen LogP contribution < -0.4 is 4.90 Å². The summed E-state index contributed by atoms with van der Waals surface area (Å²) in [7, 11) is 0. The van der Waals surface area contributed by atoms with Crippen LogP contribution in [-0.4, -0.2) is 26.5 Å². The maximum absolute atomic E-state index is 13.3. The number of hydrogen-bond acceptors (Lipinski definition) is 4. The van der Waals surface area contributed by atoms with Gasteiger partial charge in [0.1, 0.15) is 5.82 Å². The van der Waals surface area contributed by atoms with E-state index in [1.54, 1.807) is 10.7 Å². The van der Waals surface area contributed by atoms with E-state index in [0.717, 1.165) is 42.1 Å². The molecule has 3 aromatic rings. The summed E-state index contributed by atoms with van der Waals surface area (Å²) in [4.78, 5) is 2.16. The van der Waals surface area contributed by atoms with Crippen molar-refractivity contribution in [3.8, 4) is 5.82 Å². The maximum atomic E-state index is 13.3. The van der Waals surface area contributed by atoms with E-state index < -0.39 is 0 Å². The largest absolute Gasteiger partial charge is 0.350 e. The van der Waals surface area contributed by atoms with Gasteiger partial charge in [0, 0.05) is 19.3 Å². The first kappa shape index (κ1) is 13.9. The number of rotatable bonds is 2. The molecule has 4 rings (SSSR count). The van der Waals surface area contributed by atoms with Crippen molar-refractivity contribution in [1.29, 1.82) is 0 Å². The number of aryl methyl sites for hydroxylation is 1. The monoisotopic (exact) mass is 309 g/mol. The Morgan fingerprint density at radius 3 is 2.57 bits per heavy atom. The fourth-order valence-electron chi connectivity index (χ4n) is 2.87. The zero-order chi connectivity index (χ0) is 15.8. The third-order valence-corrected chi connectivity index (χ3v) is 4.10. The molecule has 0 fully saturated rings. The zero-order valence-corrected chi connectivity index (χ0v) is 12.8. The number of anilines is 1. The lowest BCUT2D eigenvalue weighted by Crippen LogP contribution is -2.31.